The van der Waals surface area contributed by atoms with Crippen LogP contribution in [0.1, 0.15) is 29.0 Å². The van der Waals surface area contributed by atoms with Crippen LogP contribution in [0.15, 0.2) is 42.5 Å². The van der Waals surface area contributed by atoms with Crippen LogP contribution in [0.5, 0.6) is 0 Å². The third-order valence-electron chi connectivity index (χ3n) is 3.35. The molecule has 0 radical (unpaired) electrons. The molecule has 0 saturated heterocycles. The molecule has 1 amide bonds. The van der Waals surface area contributed by atoms with Crippen molar-refractivity contribution < 1.29 is 4.79 Å². The van der Waals surface area contributed by atoms with Gasteiger partial charge < -0.3 is 10.3 Å². The highest BCUT2D eigenvalue weighted by molar-refractivity contribution is 6.30. The highest BCUT2D eigenvalue weighted by atomic mass is 35.5. The number of halogens is 1. The lowest BCUT2D eigenvalue weighted by Crippen LogP contribution is -2.30. The van der Waals surface area contributed by atoms with E-state index in [1.165, 1.54) is 0 Å². The first-order valence-electron chi connectivity index (χ1n) is 6.49. The maximum Gasteiger partial charge on any atom is 0.272 e. The zero-order chi connectivity index (χ0) is 15.4. The molecule has 2 rings (SSSR count). The van der Waals surface area contributed by atoms with Crippen molar-refractivity contribution in [3.8, 4) is 0 Å². The van der Waals surface area contributed by atoms with E-state index in [1.807, 2.05) is 25.1 Å². The number of hydrogen-bond acceptors (Lipinski definition) is 4. The van der Waals surface area contributed by atoms with Gasteiger partial charge in [-0.25, -0.2) is 10.8 Å². The van der Waals surface area contributed by atoms with Gasteiger partial charge in [0.2, 0.25) is 0 Å². The van der Waals surface area contributed by atoms with Crippen molar-refractivity contribution in [2.24, 2.45) is 5.84 Å². The number of carbonyl (C=O) groups is 1. The Balaban J connectivity index is 2.22. The number of benzene rings is 1. The van der Waals surface area contributed by atoms with E-state index in [1.54, 1.807) is 36.2 Å². The molecular formula is C15H17ClN4O. The van der Waals surface area contributed by atoms with Crippen molar-refractivity contribution in [2.45, 2.75) is 13.0 Å². The summed E-state index contributed by atoms with van der Waals surface area (Å²) in [5.74, 6) is 5.58. The van der Waals surface area contributed by atoms with E-state index in [0.29, 0.717) is 16.5 Å². The molecule has 3 N–H and O–H groups in total. The van der Waals surface area contributed by atoms with Crippen molar-refractivity contribution in [2.75, 3.05) is 12.5 Å². The van der Waals surface area contributed by atoms with E-state index in [0.717, 1.165) is 5.56 Å². The number of nitrogens with one attached hydrogen (secondary N) is 1. The van der Waals surface area contributed by atoms with E-state index < -0.39 is 0 Å². The van der Waals surface area contributed by atoms with Crippen LogP contribution in [0.2, 0.25) is 5.02 Å². The minimum absolute atomic E-state index is 0.118. The van der Waals surface area contributed by atoms with E-state index in [9.17, 15) is 4.79 Å². The molecule has 0 aliphatic heterocycles. The predicted molar refractivity (Wildman–Crippen MR) is 84.0 cm³/mol. The van der Waals surface area contributed by atoms with Gasteiger partial charge in [0, 0.05) is 12.1 Å². The first-order valence-corrected chi connectivity index (χ1v) is 6.87. The Bertz CT molecular complexity index is 647. The van der Waals surface area contributed by atoms with Gasteiger partial charge in [0.1, 0.15) is 11.5 Å². The fourth-order valence-corrected chi connectivity index (χ4v) is 2.18. The van der Waals surface area contributed by atoms with E-state index in [4.69, 9.17) is 17.4 Å². The minimum Gasteiger partial charge on any atom is -0.334 e. The number of nitrogens with zero attached hydrogens (tertiary/aromatic N) is 2. The molecule has 1 atom stereocenters. The molecule has 0 spiro atoms. The number of nitrogens with two attached hydrogens (primary N) is 1. The number of hydrazine groups is 1. The molecule has 0 fully saturated rings. The van der Waals surface area contributed by atoms with Gasteiger partial charge in [-0.3, -0.25) is 4.79 Å². The van der Waals surface area contributed by atoms with Crippen molar-refractivity contribution in [1.82, 2.24) is 9.88 Å². The summed E-state index contributed by atoms with van der Waals surface area (Å²) >= 11 is 5.99. The smallest absolute Gasteiger partial charge is 0.272 e. The summed E-state index contributed by atoms with van der Waals surface area (Å²) in [5, 5.41) is 0.646. The highest BCUT2D eigenvalue weighted by Gasteiger charge is 2.20. The second-order valence-electron chi connectivity index (χ2n) is 4.70. The van der Waals surface area contributed by atoms with Crippen LogP contribution in [0.3, 0.4) is 0 Å². The molecule has 1 aromatic carbocycles. The van der Waals surface area contributed by atoms with Crippen LogP contribution in [0.25, 0.3) is 0 Å². The minimum atomic E-state index is -0.181. The number of anilines is 1. The van der Waals surface area contributed by atoms with Gasteiger partial charge in [0.05, 0.1) is 6.04 Å². The lowest BCUT2D eigenvalue weighted by Gasteiger charge is -2.25. The second kappa shape index (κ2) is 6.56. The quantitative estimate of drug-likeness (QED) is 0.673. The maximum absolute atomic E-state index is 12.5. The number of amides is 1. The summed E-state index contributed by atoms with van der Waals surface area (Å²) in [6.07, 6.45) is 0. The first-order chi connectivity index (χ1) is 10.0. The van der Waals surface area contributed by atoms with E-state index >= 15 is 0 Å². The van der Waals surface area contributed by atoms with Crippen molar-refractivity contribution >= 4 is 23.3 Å². The molecule has 5 nitrogen and oxygen atoms in total. The lowest BCUT2D eigenvalue weighted by molar-refractivity contribution is 0.0737. The van der Waals surface area contributed by atoms with Crippen LogP contribution in [0.4, 0.5) is 5.82 Å². The zero-order valence-corrected chi connectivity index (χ0v) is 12.6. The van der Waals surface area contributed by atoms with E-state index in [2.05, 4.69) is 10.4 Å². The highest BCUT2D eigenvalue weighted by Crippen LogP contribution is 2.23. The molecule has 1 heterocycles. The molecule has 0 bridgehead atoms. The Labute approximate surface area is 128 Å². The van der Waals surface area contributed by atoms with Gasteiger partial charge in [-0.05, 0) is 36.8 Å². The molecule has 0 aliphatic carbocycles. The average Bonchev–Trinajstić information content (AvgIpc) is 2.52. The predicted octanol–water partition coefficient (Wildman–Crippen LogP) is 2.85. The van der Waals surface area contributed by atoms with Crippen molar-refractivity contribution in [3.05, 3.63) is 58.7 Å². The summed E-state index contributed by atoms with van der Waals surface area (Å²) in [4.78, 5) is 18.2. The van der Waals surface area contributed by atoms with Gasteiger partial charge in [-0.1, -0.05) is 29.8 Å². The van der Waals surface area contributed by atoms with Crippen LogP contribution in [0, 0.1) is 0 Å². The van der Waals surface area contributed by atoms with Crippen molar-refractivity contribution in [1.29, 1.82) is 0 Å². The summed E-state index contributed by atoms with van der Waals surface area (Å²) in [6.45, 7) is 1.94. The molecule has 1 aromatic heterocycles. The Hall–Kier alpha value is -2.11. The van der Waals surface area contributed by atoms with E-state index in [-0.39, 0.29) is 11.9 Å². The number of pyridine rings is 1. The third kappa shape index (κ3) is 3.51. The van der Waals surface area contributed by atoms with Gasteiger partial charge >= 0.3 is 0 Å². The van der Waals surface area contributed by atoms with Crippen LogP contribution >= 0.6 is 11.6 Å². The molecule has 1 unspecified atom stereocenters. The van der Waals surface area contributed by atoms with Crippen LogP contribution in [-0.2, 0) is 0 Å². The van der Waals surface area contributed by atoms with Crippen LogP contribution < -0.4 is 11.3 Å². The third-order valence-corrected chi connectivity index (χ3v) is 3.58. The van der Waals surface area contributed by atoms with Gasteiger partial charge in [0.25, 0.3) is 5.91 Å². The fourth-order valence-electron chi connectivity index (χ4n) is 1.98. The first kappa shape index (κ1) is 15.3. The lowest BCUT2D eigenvalue weighted by atomic mass is 10.1. The number of aromatic nitrogens is 1. The Morgan fingerprint density at radius 1 is 1.33 bits per heavy atom. The second-order valence-corrected chi connectivity index (χ2v) is 5.14. The number of nitrogen functional groups attached to an aromatic ring is 1. The summed E-state index contributed by atoms with van der Waals surface area (Å²) in [7, 11) is 1.73. The largest absolute Gasteiger partial charge is 0.334 e. The van der Waals surface area contributed by atoms with Gasteiger partial charge in [-0.2, -0.15) is 0 Å². The number of hydrogen-bond donors (Lipinski definition) is 2. The SMILES string of the molecule is CC(c1cccc(Cl)c1)N(C)C(=O)c1cccc(NN)n1. The Kier molecular flexibility index (Phi) is 4.77. The number of carbonyl (C=O) groups excluding carboxylic acids is 1. The molecule has 0 saturated carbocycles. The van der Waals surface area contributed by atoms with Crippen molar-refractivity contribution in [3.63, 3.8) is 0 Å². The summed E-state index contributed by atoms with van der Waals surface area (Å²) < 4.78 is 0. The standard InChI is InChI=1S/C15H17ClN4O/c1-10(11-5-3-6-12(16)9-11)20(2)15(21)13-7-4-8-14(18-13)19-17/h3-10H,17H2,1-2H3,(H,18,19). The summed E-state index contributed by atoms with van der Waals surface area (Å²) in [5.41, 5.74) is 3.73. The van der Waals surface area contributed by atoms with Crippen LogP contribution in [-0.4, -0.2) is 22.8 Å². The van der Waals surface area contributed by atoms with Gasteiger partial charge in [0.15, 0.2) is 0 Å². The average molecular weight is 305 g/mol. The number of rotatable bonds is 4. The fraction of sp³-hybridized carbons (Fsp3) is 0.200. The molecule has 2 aromatic rings. The van der Waals surface area contributed by atoms with Gasteiger partial charge in [-0.15, -0.1) is 0 Å². The monoisotopic (exact) mass is 304 g/mol. The summed E-state index contributed by atoms with van der Waals surface area (Å²) in [6, 6.07) is 12.4. The maximum atomic E-state index is 12.5. The normalized spacial score (nSPS) is 11.8. The molecule has 0 aliphatic rings. The molecule has 21 heavy (non-hydrogen) atoms. The topological polar surface area (TPSA) is 71.2 Å². The molecule has 6 heteroatoms. The molecule has 110 valence electrons. The Morgan fingerprint density at radius 3 is 2.71 bits per heavy atom. The Morgan fingerprint density at radius 2 is 2.05 bits per heavy atom. The zero-order valence-electron chi connectivity index (χ0n) is 11.9. The molecular weight excluding hydrogens is 288 g/mol.